The van der Waals surface area contributed by atoms with Crippen LogP contribution in [0.15, 0.2) is 229 Å². The fourth-order valence-electron chi connectivity index (χ4n) is 10.9. The standard InChI is InChI=1S/C63H37N5OS/c1-4-18-38(19-5-1)39-32-34-41(35-33-39)62-64-61(40-20-6-2-7-21-40)65-63(66-62)47-36-37-50(53-45-26-12-16-30-51(45)69-59(47)53)68-49-29-15-11-25-44(49)55-58(68)54-43-24-10-14-28-48(43)67(42-22-8-3-9-23-42)57(54)56-46-27-13-17-31-52(46)70-60(55)56/h1-37H. The molecule has 0 bridgehead atoms. The second-order valence-corrected chi connectivity index (χ2v) is 18.9. The molecule has 0 saturated carbocycles. The molecule has 7 heteroatoms. The van der Waals surface area contributed by atoms with E-state index in [0.717, 1.165) is 72.1 Å². The summed E-state index contributed by atoms with van der Waals surface area (Å²) in [6.07, 6.45) is 0. The van der Waals surface area contributed by atoms with Crippen LogP contribution >= 0.6 is 11.3 Å². The van der Waals surface area contributed by atoms with Crippen molar-refractivity contribution >= 4 is 97.1 Å². The molecule has 0 saturated heterocycles. The van der Waals surface area contributed by atoms with E-state index in [4.69, 9.17) is 19.4 Å². The summed E-state index contributed by atoms with van der Waals surface area (Å²) in [5.74, 6) is 1.71. The molecule has 10 aromatic carbocycles. The fraction of sp³-hybridized carbons (Fsp3) is 0. The summed E-state index contributed by atoms with van der Waals surface area (Å²) in [4.78, 5) is 15.6. The van der Waals surface area contributed by atoms with Gasteiger partial charge in [-0.25, -0.2) is 15.0 Å². The highest BCUT2D eigenvalue weighted by Gasteiger charge is 2.29. The zero-order chi connectivity index (χ0) is 45.9. The van der Waals surface area contributed by atoms with Crippen molar-refractivity contribution in [2.75, 3.05) is 0 Å². The Balaban J connectivity index is 1.06. The van der Waals surface area contributed by atoms with Gasteiger partial charge in [0.15, 0.2) is 17.5 Å². The maximum Gasteiger partial charge on any atom is 0.167 e. The minimum absolute atomic E-state index is 0.536. The van der Waals surface area contributed by atoms with E-state index < -0.39 is 0 Å². The first-order valence-electron chi connectivity index (χ1n) is 23.5. The lowest BCUT2D eigenvalue weighted by Crippen LogP contribution is -2.01. The SMILES string of the molecule is c1ccc(-c2ccc(-c3nc(-c4ccccc4)nc(-c4ccc(-n5c6ccccc6c6c7sc8ccccc8c7c7c(c8ccccc8n7-c7ccccc7)c65)c5c4oc4ccccc45)n3)cc2)cc1. The molecular weight excluding hydrogens is 875 g/mol. The predicted octanol–water partition coefficient (Wildman–Crippen LogP) is 17.0. The Labute approximate surface area is 404 Å². The Hall–Kier alpha value is -9.17. The van der Waals surface area contributed by atoms with Gasteiger partial charge in [-0.1, -0.05) is 176 Å². The first-order valence-corrected chi connectivity index (χ1v) is 24.3. The van der Waals surface area contributed by atoms with Crippen LogP contribution < -0.4 is 0 Å². The van der Waals surface area contributed by atoms with Gasteiger partial charge < -0.3 is 13.6 Å². The van der Waals surface area contributed by atoms with Crippen LogP contribution in [0.3, 0.4) is 0 Å². The van der Waals surface area contributed by atoms with Crippen molar-refractivity contribution in [2.24, 2.45) is 0 Å². The third-order valence-electron chi connectivity index (χ3n) is 14.0. The van der Waals surface area contributed by atoms with Crippen molar-refractivity contribution in [3.8, 4) is 56.7 Å². The summed E-state index contributed by atoms with van der Waals surface area (Å²) in [7, 11) is 0. The molecule has 15 rings (SSSR count). The Morgan fingerprint density at radius 3 is 1.59 bits per heavy atom. The lowest BCUT2D eigenvalue weighted by Gasteiger charge is -2.14. The molecule has 0 spiro atoms. The Bertz CT molecular complexity index is 4570. The molecule has 326 valence electrons. The number of nitrogens with zero attached hydrogens (tertiary/aromatic N) is 5. The second-order valence-electron chi connectivity index (χ2n) is 17.8. The average Bonchev–Trinajstić information content (AvgIpc) is 4.20. The van der Waals surface area contributed by atoms with E-state index in [1.165, 1.54) is 47.2 Å². The Morgan fingerprint density at radius 1 is 0.357 bits per heavy atom. The van der Waals surface area contributed by atoms with Crippen LogP contribution in [0.5, 0.6) is 0 Å². The van der Waals surface area contributed by atoms with E-state index in [1.54, 1.807) is 0 Å². The molecule has 0 N–H and O–H groups in total. The highest BCUT2D eigenvalue weighted by Crippen LogP contribution is 2.52. The first-order chi connectivity index (χ1) is 34.7. The molecule has 0 aliphatic carbocycles. The van der Waals surface area contributed by atoms with Crippen LogP contribution in [-0.4, -0.2) is 24.1 Å². The minimum atomic E-state index is 0.536. The Kier molecular flexibility index (Phi) is 8.43. The molecule has 0 fully saturated rings. The largest absolute Gasteiger partial charge is 0.455 e. The van der Waals surface area contributed by atoms with E-state index in [1.807, 2.05) is 53.8 Å². The van der Waals surface area contributed by atoms with Crippen LogP contribution in [0.4, 0.5) is 0 Å². The van der Waals surface area contributed by atoms with Gasteiger partial charge in [0.2, 0.25) is 0 Å². The molecule has 0 aliphatic heterocycles. The van der Waals surface area contributed by atoms with Crippen LogP contribution in [0.1, 0.15) is 0 Å². The van der Waals surface area contributed by atoms with Gasteiger partial charge in [-0.05, 0) is 59.7 Å². The molecular formula is C63H37N5OS. The van der Waals surface area contributed by atoms with Gasteiger partial charge >= 0.3 is 0 Å². The van der Waals surface area contributed by atoms with Gasteiger partial charge in [0, 0.05) is 63.9 Å². The van der Waals surface area contributed by atoms with Gasteiger partial charge in [-0.15, -0.1) is 11.3 Å². The van der Waals surface area contributed by atoms with E-state index in [-0.39, 0.29) is 0 Å². The number of rotatable bonds is 6. The summed E-state index contributed by atoms with van der Waals surface area (Å²) in [5.41, 5.74) is 13.2. The lowest BCUT2D eigenvalue weighted by molar-refractivity contribution is 0.669. The van der Waals surface area contributed by atoms with Gasteiger partial charge in [0.1, 0.15) is 11.2 Å². The fourth-order valence-corrected chi connectivity index (χ4v) is 12.2. The topological polar surface area (TPSA) is 61.7 Å². The maximum absolute atomic E-state index is 7.07. The summed E-state index contributed by atoms with van der Waals surface area (Å²) in [5, 5.41) is 9.38. The summed E-state index contributed by atoms with van der Waals surface area (Å²) < 4.78 is 14.6. The minimum Gasteiger partial charge on any atom is -0.455 e. The highest BCUT2D eigenvalue weighted by atomic mass is 32.1. The van der Waals surface area contributed by atoms with Gasteiger partial charge in [-0.2, -0.15) is 0 Å². The average molecular weight is 912 g/mol. The number of thiophene rings is 1. The highest BCUT2D eigenvalue weighted by molar-refractivity contribution is 7.27. The zero-order valence-corrected chi connectivity index (χ0v) is 38.2. The molecule has 5 heterocycles. The normalized spacial score (nSPS) is 12.0. The molecule has 70 heavy (non-hydrogen) atoms. The number of fused-ring (bicyclic) bond motifs is 15. The van der Waals surface area contributed by atoms with Gasteiger partial charge in [0.05, 0.1) is 38.7 Å². The van der Waals surface area contributed by atoms with Gasteiger partial charge in [0.25, 0.3) is 0 Å². The number of para-hydroxylation sites is 4. The molecule has 0 radical (unpaired) electrons. The second kappa shape index (κ2) is 15.2. The van der Waals surface area contributed by atoms with E-state index in [0.29, 0.717) is 23.1 Å². The molecule has 0 amide bonds. The summed E-state index contributed by atoms with van der Waals surface area (Å²) in [6.45, 7) is 0. The number of aromatic nitrogens is 5. The summed E-state index contributed by atoms with van der Waals surface area (Å²) >= 11 is 1.88. The summed E-state index contributed by atoms with van der Waals surface area (Å²) in [6, 6.07) is 79.3. The van der Waals surface area contributed by atoms with Crippen molar-refractivity contribution in [1.82, 2.24) is 24.1 Å². The van der Waals surface area contributed by atoms with Crippen molar-refractivity contribution in [3.63, 3.8) is 0 Å². The molecule has 0 aliphatic rings. The predicted molar refractivity (Wildman–Crippen MR) is 290 cm³/mol. The smallest absolute Gasteiger partial charge is 0.167 e. The number of hydrogen-bond donors (Lipinski definition) is 0. The molecule has 5 aromatic heterocycles. The van der Waals surface area contributed by atoms with Crippen molar-refractivity contribution in [3.05, 3.63) is 224 Å². The molecule has 15 aromatic rings. The van der Waals surface area contributed by atoms with Crippen molar-refractivity contribution in [2.45, 2.75) is 0 Å². The quantitative estimate of drug-likeness (QED) is 0.167. The van der Waals surface area contributed by atoms with E-state index in [2.05, 4.69) is 191 Å². The Morgan fingerprint density at radius 2 is 0.857 bits per heavy atom. The van der Waals surface area contributed by atoms with Crippen molar-refractivity contribution in [1.29, 1.82) is 0 Å². The third kappa shape index (κ3) is 5.70. The lowest BCUT2D eigenvalue weighted by atomic mass is 10.0. The van der Waals surface area contributed by atoms with Crippen LogP contribution in [-0.2, 0) is 0 Å². The van der Waals surface area contributed by atoms with E-state index >= 15 is 0 Å². The molecule has 6 nitrogen and oxygen atoms in total. The van der Waals surface area contributed by atoms with Crippen molar-refractivity contribution < 1.29 is 4.42 Å². The number of furan rings is 1. The monoisotopic (exact) mass is 911 g/mol. The zero-order valence-electron chi connectivity index (χ0n) is 37.4. The van der Waals surface area contributed by atoms with Crippen LogP contribution in [0, 0.1) is 0 Å². The number of hydrogen-bond acceptors (Lipinski definition) is 5. The molecule has 0 unspecified atom stereocenters. The first kappa shape index (κ1) is 38.9. The third-order valence-corrected chi connectivity index (χ3v) is 15.2. The van der Waals surface area contributed by atoms with Gasteiger partial charge in [-0.3, -0.25) is 0 Å². The maximum atomic E-state index is 7.07. The molecule has 0 atom stereocenters. The number of benzene rings is 10. The van der Waals surface area contributed by atoms with E-state index in [9.17, 15) is 0 Å². The van der Waals surface area contributed by atoms with Crippen LogP contribution in [0.25, 0.3) is 142 Å². The van der Waals surface area contributed by atoms with Crippen LogP contribution in [0.2, 0.25) is 0 Å².